The third-order valence-electron chi connectivity index (χ3n) is 0.739. The normalized spacial score (nSPS) is 14.6. The van der Waals surface area contributed by atoms with Crippen LogP contribution in [0.25, 0.3) is 0 Å². The van der Waals surface area contributed by atoms with Crippen molar-refractivity contribution in [1.82, 2.24) is 0 Å². The topological polar surface area (TPSA) is 29.1 Å². The quantitative estimate of drug-likeness (QED) is 0.546. The Morgan fingerprint density at radius 3 is 2.00 bits per heavy atom. The van der Waals surface area contributed by atoms with E-state index in [0.717, 1.165) is 0 Å². The molecule has 0 spiro atoms. The highest BCUT2D eigenvalue weighted by Gasteiger charge is 2.01. The molecule has 0 saturated heterocycles. The molecular formula is C6H13O2. The zero-order chi connectivity index (χ0) is 6.57. The molecule has 2 nitrogen and oxygen atoms in total. The molecule has 2 heteroatoms. The third-order valence-corrected chi connectivity index (χ3v) is 0.739. The van der Waals surface area contributed by atoms with Crippen LogP contribution in [0.5, 0.6) is 0 Å². The fourth-order valence-electron chi connectivity index (χ4n) is 0.504. The maximum absolute atomic E-state index is 10.0. The molecule has 1 unspecified atom stereocenters. The van der Waals surface area contributed by atoms with Crippen LogP contribution in [0, 0.1) is 0 Å². The maximum atomic E-state index is 10.0. The van der Waals surface area contributed by atoms with Crippen molar-refractivity contribution in [2.24, 2.45) is 0 Å². The molecule has 0 aromatic heterocycles. The van der Waals surface area contributed by atoms with Crippen molar-refractivity contribution in [1.29, 1.82) is 0 Å². The minimum absolute atomic E-state index is 0.130. The second-order valence-corrected chi connectivity index (χ2v) is 2.16. The van der Waals surface area contributed by atoms with Gasteiger partial charge in [-0.2, -0.15) is 0 Å². The second kappa shape index (κ2) is 3.87. The second-order valence-electron chi connectivity index (χ2n) is 2.16. The number of ether oxygens (including phenoxy) is 1. The summed E-state index contributed by atoms with van der Waals surface area (Å²) in [6.07, 6.45) is 0.0500. The van der Waals surface area contributed by atoms with E-state index >= 15 is 0 Å². The van der Waals surface area contributed by atoms with E-state index in [9.17, 15) is 5.11 Å². The number of rotatable bonds is 3. The number of hydrogen-bond donors (Lipinski definition) is 0. The van der Waals surface area contributed by atoms with Gasteiger partial charge in [0.2, 0.25) is 0 Å². The van der Waals surface area contributed by atoms with Crippen molar-refractivity contribution in [2.45, 2.75) is 33.0 Å². The molecule has 0 aromatic carbocycles. The minimum Gasteiger partial charge on any atom is -0.373 e. The van der Waals surface area contributed by atoms with Gasteiger partial charge >= 0.3 is 0 Å². The Morgan fingerprint density at radius 2 is 1.88 bits per heavy atom. The summed E-state index contributed by atoms with van der Waals surface area (Å²) >= 11 is 0. The Kier molecular flexibility index (Phi) is 3.83. The average Bonchev–Trinajstić information content (AvgIpc) is 1.65. The van der Waals surface area contributed by atoms with Gasteiger partial charge in [-0.3, -0.25) is 0 Å². The Labute approximate surface area is 50.5 Å². The molecule has 0 N–H and O–H groups in total. The highest BCUT2D eigenvalue weighted by atomic mass is 16.5. The van der Waals surface area contributed by atoms with Gasteiger partial charge in [0.05, 0.1) is 12.2 Å². The van der Waals surface area contributed by atoms with Gasteiger partial charge in [-0.25, -0.2) is 5.11 Å². The summed E-state index contributed by atoms with van der Waals surface area (Å²) in [5.41, 5.74) is 0. The molecule has 0 aliphatic heterocycles. The Balaban J connectivity index is 3.10. The predicted octanol–water partition coefficient (Wildman–Crippen LogP) is 1.23. The van der Waals surface area contributed by atoms with Crippen molar-refractivity contribution >= 4 is 0 Å². The maximum Gasteiger partial charge on any atom is 0.108 e. The molecule has 1 radical (unpaired) electrons. The molecule has 0 aromatic rings. The summed E-state index contributed by atoms with van der Waals surface area (Å²) in [4.78, 5) is 0. The molecular weight excluding hydrogens is 104 g/mol. The summed E-state index contributed by atoms with van der Waals surface area (Å²) < 4.78 is 5.09. The van der Waals surface area contributed by atoms with E-state index < -0.39 is 0 Å². The molecule has 0 heterocycles. The van der Waals surface area contributed by atoms with Gasteiger partial charge in [0, 0.05) is 0 Å². The van der Waals surface area contributed by atoms with E-state index in [1.54, 1.807) is 6.92 Å². The van der Waals surface area contributed by atoms with Gasteiger partial charge in [-0.15, -0.1) is 0 Å². The van der Waals surface area contributed by atoms with Crippen molar-refractivity contribution in [2.75, 3.05) is 6.61 Å². The molecule has 0 amide bonds. The lowest BCUT2D eigenvalue weighted by molar-refractivity contribution is -0.0292. The van der Waals surface area contributed by atoms with Crippen molar-refractivity contribution in [3.63, 3.8) is 0 Å². The Bertz CT molecular complexity index is 52.5. The van der Waals surface area contributed by atoms with E-state index in [1.165, 1.54) is 0 Å². The zero-order valence-electron chi connectivity index (χ0n) is 5.68. The standard InChI is InChI=1S/C6H13O2/c1-5(2)8-6(3)4-7/h5-6H,4H2,1-3H3. The van der Waals surface area contributed by atoms with Crippen LogP contribution in [-0.2, 0) is 9.84 Å². The average molecular weight is 117 g/mol. The highest BCUT2D eigenvalue weighted by molar-refractivity contribution is 4.46. The third kappa shape index (κ3) is 4.09. The van der Waals surface area contributed by atoms with Gasteiger partial charge in [-0.1, -0.05) is 0 Å². The SMILES string of the molecule is CC(C)OC(C)C[O]. The largest absolute Gasteiger partial charge is 0.373 e. The Hall–Kier alpha value is -0.0800. The minimum atomic E-state index is -0.141. The van der Waals surface area contributed by atoms with Crippen LogP contribution in [0.2, 0.25) is 0 Å². The first kappa shape index (κ1) is 7.92. The Morgan fingerprint density at radius 1 is 1.38 bits per heavy atom. The van der Waals surface area contributed by atoms with Crippen LogP contribution < -0.4 is 0 Å². The lowest BCUT2D eigenvalue weighted by Crippen LogP contribution is -2.16. The van der Waals surface area contributed by atoms with Crippen molar-refractivity contribution in [3.05, 3.63) is 0 Å². The lowest BCUT2D eigenvalue weighted by atomic mass is 10.4. The van der Waals surface area contributed by atoms with E-state index in [4.69, 9.17) is 4.74 Å². The molecule has 0 bridgehead atoms. The number of hydrogen-bond acceptors (Lipinski definition) is 1. The van der Waals surface area contributed by atoms with Crippen molar-refractivity contribution < 1.29 is 9.84 Å². The van der Waals surface area contributed by atoms with E-state index in [1.807, 2.05) is 13.8 Å². The summed E-state index contributed by atoms with van der Waals surface area (Å²) in [5.74, 6) is 0. The van der Waals surface area contributed by atoms with Crippen LogP contribution in [0.15, 0.2) is 0 Å². The fourth-order valence-corrected chi connectivity index (χ4v) is 0.504. The highest BCUT2D eigenvalue weighted by Crippen LogP contribution is 1.94. The summed E-state index contributed by atoms with van der Waals surface area (Å²) in [6, 6.07) is 0. The van der Waals surface area contributed by atoms with Gasteiger partial charge < -0.3 is 4.74 Å². The summed E-state index contributed by atoms with van der Waals surface area (Å²) in [6.45, 7) is 5.49. The zero-order valence-corrected chi connectivity index (χ0v) is 5.68. The first-order chi connectivity index (χ1) is 3.66. The van der Waals surface area contributed by atoms with Crippen LogP contribution in [0.4, 0.5) is 0 Å². The predicted molar refractivity (Wildman–Crippen MR) is 31.2 cm³/mol. The van der Waals surface area contributed by atoms with Crippen LogP contribution >= 0.6 is 0 Å². The first-order valence-corrected chi connectivity index (χ1v) is 2.90. The van der Waals surface area contributed by atoms with Gasteiger partial charge in [0.25, 0.3) is 0 Å². The van der Waals surface area contributed by atoms with Gasteiger partial charge in [0.15, 0.2) is 0 Å². The van der Waals surface area contributed by atoms with Gasteiger partial charge in [-0.05, 0) is 20.8 Å². The van der Waals surface area contributed by atoms with Crippen LogP contribution in [0.1, 0.15) is 20.8 Å². The molecule has 0 saturated carbocycles. The van der Waals surface area contributed by atoms with Crippen molar-refractivity contribution in [3.8, 4) is 0 Å². The molecule has 8 heavy (non-hydrogen) atoms. The van der Waals surface area contributed by atoms with Crippen LogP contribution in [0.3, 0.4) is 0 Å². The molecule has 0 aliphatic carbocycles. The first-order valence-electron chi connectivity index (χ1n) is 2.90. The van der Waals surface area contributed by atoms with E-state index in [2.05, 4.69) is 0 Å². The summed E-state index contributed by atoms with van der Waals surface area (Å²) in [5, 5.41) is 10.0. The van der Waals surface area contributed by atoms with Gasteiger partial charge in [0.1, 0.15) is 6.61 Å². The van der Waals surface area contributed by atoms with E-state index in [0.29, 0.717) is 0 Å². The summed E-state index contributed by atoms with van der Waals surface area (Å²) in [7, 11) is 0. The smallest absolute Gasteiger partial charge is 0.108 e. The fraction of sp³-hybridized carbons (Fsp3) is 1.00. The molecule has 0 rings (SSSR count). The van der Waals surface area contributed by atoms with Crippen LogP contribution in [-0.4, -0.2) is 18.8 Å². The van der Waals surface area contributed by atoms with E-state index in [-0.39, 0.29) is 18.8 Å². The molecule has 0 aliphatic rings. The molecule has 49 valence electrons. The lowest BCUT2D eigenvalue weighted by Gasteiger charge is -2.11. The molecule has 0 fully saturated rings. The monoisotopic (exact) mass is 117 g/mol. The molecule has 1 atom stereocenters.